The highest BCUT2D eigenvalue weighted by Gasteiger charge is 2.09. The van der Waals surface area contributed by atoms with E-state index in [-0.39, 0.29) is 11.8 Å². The van der Waals surface area contributed by atoms with Gasteiger partial charge in [0.2, 0.25) is 0 Å². The number of carbonyl (C=O) groups is 2. The Morgan fingerprint density at radius 3 is 2.17 bits per heavy atom. The molecule has 0 heterocycles. The molecule has 0 aliphatic carbocycles. The van der Waals surface area contributed by atoms with Gasteiger partial charge in [-0.25, -0.2) is 4.79 Å². The van der Waals surface area contributed by atoms with Crippen molar-refractivity contribution in [2.24, 2.45) is 0 Å². The van der Waals surface area contributed by atoms with Crippen LogP contribution in [0.4, 0.5) is 0 Å². The number of hydrogen-bond acceptors (Lipinski definition) is 4. The fraction of sp³-hybridized carbons (Fsp3) is 0.429. The van der Waals surface area contributed by atoms with Crippen molar-refractivity contribution in [1.82, 2.24) is 4.90 Å². The summed E-state index contributed by atoms with van der Waals surface area (Å²) in [6, 6.07) is 6.59. The van der Waals surface area contributed by atoms with E-state index in [0.717, 1.165) is 6.54 Å². The Kier molecular flexibility index (Phi) is 5.52. The van der Waals surface area contributed by atoms with Crippen molar-refractivity contribution in [3.8, 4) is 0 Å². The van der Waals surface area contributed by atoms with E-state index in [0.29, 0.717) is 24.2 Å². The van der Waals surface area contributed by atoms with Gasteiger partial charge < -0.3 is 9.64 Å². The molecule has 0 spiro atoms. The molecule has 0 fully saturated rings. The van der Waals surface area contributed by atoms with Gasteiger partial charge in [-0.15, -0.1) is 0 Å². The Labute approximate surface area is 108 Å². The molecule has 0 amide bonds. The van der Waals surface area contributed by atoms with Crippen LogP contribution in [0.3, 0.4) is 0 Å². The van der Waals surface area contributed by atoms with Crippen LogP contribution in [0.15, 0.2) is 24.3 Å². The zero-order chi connectivity index (χ0) is 13.5. The van der Waals surface area contributed by atoms with E-state index in [4.69, 9.17) is 4.74 Å². The van der Waals surface area contributed by atoms with Crippen LogP contribution in [0.5, 0.6) is 0 Å². The Bertz CT molecular complexity index is 410. The third-order valence-electron chi connectivity index (χ3n) is 2.50. The smallest absolute Gasteiger partial charge is 0.338 e. The van der Waals surface area contributed by atoms with Crippen molar-refractivity contribution in [2.75, 3.05) is 27.2 Å². The summed E-state index contributed by atoms with van der Waals surface area (Å²) in [6.07, 6.45) is 0.478. The second kappa shape index (κ2) is 6.91. The minimum Gasteiger partial charge on any atom is -0.462 e. The molecule has 4 heteroatoms. The first kappa shape index (κ1) is 14.4. The van der Waals surface area contributed by atoms with E-state index in [1.807, 2.05) is 19.0 Å². The lowest BCUT2D eigenvalue weighted by Gasteiger charge is -2.08. The van der Waals surface area contributed by atoms with Gasteiger partial charge in [0.15, 0.2) is 5.78 Å². The van der Waals surface area contributed by atoms with Crippen LogP contribution in [0.1, 0.15) is 34.1 Å². The highest BCUT2D eigenvalue weighted by molar-refractivity contribution is 5.97. The summed E-state index contributed by atoms with van der Waals surface area (Å²) in [5.41, 5.74) is 1.10. The van der Waals surface area contributed by atoms with Crippen LogP contribution in [0.2, 0.25) is 0 Å². The molecule has 1 aromatic rings. The highest BCUT2D eigenvalue weighted by atomic mass is 16.5. The van der Waals surface area contributed by atoms with E-state index < -0.39 is 0 Å². The molecule has 0 aliphatic rings. The predicted octanol–water partition coefficient (Wildman–Crippen LogP) is 2.00. The molecular formula is C14H19NO3. The minimum absolute atomic E-state index is 0.0825. The van der Waals surface area contributed by atoms with E-state index in [1.165, 1.54) is 0 Å². The molecule has 0 radical (unpaired) electrons. The van der Waals surface area contributed by atoms with Crippen LogP contribution in [-0.2, 0) is 4.74 Å². The summed E-state index contributed by atoms with van der Waals surface area (Å²) >= 11 is 0. The third-order valence-corrected chi connectivity index (χ3v) is 2.50. The van der Waals surface area contributed by atoms with Crippen molar-refractivity contribution >= 4 is 11.8 Å². The number of carbonyl (C=O) groups excluding carboxylic acids is 2. The van der Waals surface area contributed by atoms with Gasteiger partial charge in [0, 0.05) is 18.5 Å². The first-order valence-electron chi connectivity index (χ1n) is 5.99. The van der Waals surface area contributed by atoms with Gasteiger partial charge in [-0.1, -0.05) is 12.1 Å². The van der Waals surface area contributed by atoms with Gasteiger partial charge in [0.1, 0.15) is 0 Å². The summed E-state index contributed by atoms with van der Waals surface area (Å²) in [6.45, 7) is 2.83. The van der Waals surface area contributed by atoms with Gasteiger partial charge in [-0.3, -0.25) is 4.79 Å². The molecule has 0 unspecified atom stereocenters. The first-order chi connectivity index (χ1) is 8.54. The standard InChI is InChI=1S/C14H19NO3/c1-4-18-14(17)12-7-5-11(6-8-12)13(16)9-10-15(2)3/h5-8H,4,9-10H2,1-3H3. The van der Waals surface area contributed by atoms with E-state index in [2.05, 4.69) is 0 Å². The zero-order valence-electron chi connectivity index (χ0n) is 11.1. The summed E-state index contributed by atoms with van der Waals surface area (Å²) < 4.78 is 4.88. The van der Waals surface area contributed by atoms with Crippen LogP contribution >= 0.6 is 0 Å². The zero-order valence-corrected chi connectivity index (χ0v) is 11.1. The van der Waals surface area contributed by atoms with Crippen LogP contribution in [0, 0.1) is 0 Å². The topological polar surface area (TPSA) is 46.6 Å². The summed E-state index contributed by atoms with van der Waals surface area (Å²) in [5, 5.41) is 0. The SMILES string of the molecule is CCOC(=O)c1ccc(C(=O)CCN(C)C)cc1. The number of Topliss-reactive ketones (excluding diaryl/α,β-unsaturated/α-hetero) is 1. The summed E-state index contributed by atoms with van der Waals surface area (Å²) in [5.74, 6) is -0.274. The van der Waals surface area contributed by atoms with Crippen molar-refractivity contribution in [1.29, 1.82) is 0 Å². The molecule has 98 valence electrons. The lowest BCUT2D eigenvalue weighted by atomic mass is 10.1. The van der Waals surface area contributed by atoms with Crippen molar-refractivity contribution < 1.29 is 14.3 Å². The number of nitrogens with zero attached hydrogens (tertiary/aromatic N) is 1. The lowest BCUT2D eigenvalue weighted by Crippen LogP contribution is -2.16. The summed E-state index contributed by atoms with van der Waals surface area (Å²) in [7, 11) is 3.86. The second-order valence-corrected chi connectivity index (χ2v) is 4.27. The number of ether oxygens (including phenoxy) is 1. The molecule has 4 nitrogen and oxygen atoms in total. The minimum atomic E-state index is -0.357. The van der Waals surface area contributed by atoms with Gasteiger partial charge in [0.25, 0.3) is 0 Å². The lowest BCUT2D eigenvalue weighted by molar-refractivity contribution is 0.0526. The number of esters is 1. The molecule has 18 heavy (non-hydrogen) atoms. The Morgan fingerprint density at radius 1 is 1.11 bits per heavy atom. The Balaban J connectivity index is 2.65. The van der Waals surface area contributed by atoms with Crippen LogP contribution < -0.4 is 0 Å². The van der Waals surface area contributed by atoms with E-state index in [9.17, 15) is 9.59 Å². The number of benzene rings is 1. The van der Waals surface area contributed by atoms with Crippen LogP contribution in [0.25, 0.3) is 0 Å². The summed E-state index contributed by atoms with van der Waals surface area (Å²) in [4.78, 5) is 25.2. The Hall–Kier alpha value is -1.68. The molecule has 0 saturated carbocycles. The molecule has 1 aromatic carbocycles. The maximum atomic E-state index is 11.8. The molecule has 0 saturated heterocycles. The van der Waals surface area contributed by atoms with Gasteiger partial charge in [-0.05, 0) is 33.2 Å². The number of ketones is 1. The largest absolute Gasteiger partial charge is 0.462 e. The van der Waals surface area contributed by atoms with Crippen molar-refractivity contribution in [3.05, 3.63) is 35.4 Å². The second-order valence-electron chi connectivity index (χ2n) is 4.27. The third kappa shape index (κ3) is 4.30. The first-order valence-corrected chi connectivity index (χ1v) is 5.99. The number of hydrogen-bond donors (Lipinski definition) is 0. The normalized spacial score (nSPS) is 10.4. The Morgan fingerprint density at radius 2 is 1.67 bits per heavy atom. The van der Waals surface area contributed by atoms with E-state index in [1.54, 1.807) is 31.2 Å². The maximum Gasteiger partial charge on any atom is 0.338 e. The number of rotatable bonds is 6. The fourth-order valence-corrected chi connectivity index (χ4v) is 1.48. The van der Waals surface area contributed by atoms with Gasteiger partial charge >= 0.3 is 5.97 Å². The maximum absolute atomic E-state index is 11.8. The highest BCUT2D eigenvalue weighted by Crippen LogP contribution is 2.08. The fourth-order valence-electron chi connectivity index (χ4n) is 1.48. The molecule has 0 aliphatic heterocycles. The van der Waals surface area contributed by atoms with Crippen molar-refractivity contribution in [2.45, 2.75) is 13.3 Å². The van der Waals surface area contributed by atoms with Gasteiger partial charge in [-0.2, -0.15) is 0 Å². The molecule has 0 aromatic heterocycles. The molecule has 1 rings (SSSR count). The van der Waals surface area contributed by atoms with Crippen molar-refractivity contribution in [3.63, 3.8) is 0 Å². The molecule has 0 N–H and O–H groups in total. The average Bonchev–Trinajstić information content (AvgIpc) is 2.36. The molecule has 0 atom stereocenters. The quantitative estimate of drug-likeness (QED) is 0.571. The monoisotopic (exact) mass is 249 g/mol. The van der Waals surface area contributed by atoms with Gasteiger partial charge in [0.05, 0.1) is 12.2 Å². The molecular weight excluding hydrogens is 230 g/mol. The average molecular weight is 249 g/mol. The predicted molar refractivity (Wildman–Crippen MR) is 69.9 cm³/mol. The van der Waals surface area contributed by atoms with Crippen LogP contribution in [-0.4, -0.2) is 43.9 Å². The van der Waals surface area contributed by atoms with E-state index >= 15 is 0 Å². The molecule has 0 bridgehead atoms.